The Hall–Kier alpha value is -1.93. The monoisotopic (exact) mass is 310 g/mol. The topological polar surface area (TPSA) is 81.0 Å². The summed E-state index contributed by atoms with van der Waals surface area (Å²) >= 11 is 1.30. The van der Waals surface area contributed by atoms with E-state index in [0.717, 1.165) is 37.0 Å². The Kier molecular flexibility index (Phi) is 5.29. The minimum atomic E-state index is -0.656. The summed E-state index contributed by atoms with van der Waals surface area (Å²) in [6, 6.07) is 3.54. The Morgan fingerprint density at radius 1 is 1.38 bits per heavy atom. The van der Waals surface area contributed by atoms with Crippen molar-refractivity contribution in [3.63, 3.8) is 0 Å². The molecule has 0 amide bonds. The average molecular weight is 310 g/mol. The van der Waals surface area contributed by atoms with E-state index in [-0.39, 0.29) is 11.3 Å². The van der Waals surface area contributed by atoms with Gasteiger partial charge in [0.25, 0.3) is 5.69 Å². The second-order valence-electron chi connectivity index (χ2n) is 4.42. The smallest absolute Gasteiger partial charge is 0.272 e. The molecule has 0 bridgehead atoms. The van der Waals surface area contributed by atoms with Crippen LogP contribution in [0.5, 0.6) is 0 Å². The normalized spacial score (nSPS) is 10.8. The van der Waals surface area contributed by atoms with E-state index < -0.39 is 10.7 Å². The van der Waals surface area contributed by atoms with Gasteiger partial charge in [0.05, 0.1) is 11.0 Å². The highest BCUT2D eigenvalue weighted by Gasteiger charge is 2.15. The summed E-state index contributed by atoms with van der Waals surface area (Å²) in [4.78, 5) is 9.96. The summed E-state index contributed by atoms with van der Waals surface area (Å²) in [6.45, 7) is 3.83. The number of hydrogen-bond donors (Lipinski definition) is 1. The molecular weight excluding hydrogens is 295 g/mol. The molecule has 0 aliphatic carbocycles. The van der Waals surface area contributed by atoms with Crippen molar-refractivity contribution < 1.29 is 9.31 Å². The van der Waals surface area contributed by atoms with Crippen molar-refractivity contribution in [2.75, 3.05) is 13.1 Å². The van der Waals surface area contributed by atoms with Crippen molar-refractivity contribution in [3.05, 3.63) is 39.1 Å². The molecule has 1 N–H and O–H groups in total. The number of nitrogens with zero attached hydrogens (tertiary/aromatic N) is 3. The lowest BCUT2D eigenvalue weighted by molar-refractivity contribution is -0.385. The van der Waals surface area contributed by atoms with E-state index in [4.69, 9.17) is 0 Å². The molecule has 0 fully saturated rings. The maximum atomic E-state index is 13.9. The molecule has 112 valence electrons. The van der Waals surface area contributed by atoms with Crippen molar-refractivity contribution in [3.8, 4) is 10.6 Å². The molecule has 0 unspecified atom stereocenters. The molecule has 0 saturated heterocycles. The molecule has 0 spiro atoms. The van der Waals surface area contributed by atoms with E-state index >= 15 is 0 Å². The molecular formula is C13H15FN4O2S. The fraction of sp³-hybridized carbons (Fsp3) is 0.385. The van der Waals surface area contributed by atoms with E-state index in [1.807, 2.05) is 0 Å². The van der Waals surface area contributed by atoms with Crippen molar-refractivity contribution in [2.24, 2.45) is 0 Å². The number of hydrogen-bond acceptors (Lipinski definition) is 6. The van der Waals surface area contributed by atoms with E-state index in [1.54, 1.807) is 0 Å². The van der Waals surface area contributed by atoms with E-state index in [1.165, 1.54) is 23.5 Å². The van der Waals surface area contributed by atoms with E-state index in [0.29, 0.717) is 5.01 Å². The first kappa shape index (κ1) is 15.5. The van der Waals surface area contributed by atoms with Gasteiger partial charge in [0.2, 0.25) is 0 Å². The van der Waals surface area contributed by atoms with Gasteiger partial charge in [-0.25, -0.2) is 4.39 Å². The van der Waals surface area contributed by atoms with Crippen LogP contribution in [0.3, 0.4) is 0 Å². The predicted octanol–water partition coefficient (Wildman–Crippen LogP) is 2.79. The molecule has 0 radical (unpaired) electrons. The van der Waals surface area contributed by atoms with Gasteiger partial charge in [-0.15, -0.1) is 10.2 Å². The Balaban J connectivity index is 2.08. The minimum Gasteiger partial charge on any atom is -0.316 e. The summed E-state index contributed by atoms with van der Waals surface area (Å²) in [7, 11) is 0. The summed E-state index contributed by atoms with van der Waals surface area (Å²) in [5.74, 6) is -0.656. The first-order valence-corrected chi connectivity index (χ1v) is 7.41. The van der Waals surface area contributed by atoms with E-state index in [9.17, 15) is 14.5 Å². The van der Waals surface area contributed by atoms with Gasteiger partial charge in [0.15, 0.2) is 5.01 Å². The summed E-state index contributed by atoms with van der Waals surface area (Å²) < 4.78 is 13.9. The number of rotatable bonds is 7. The maximum Gasteiger partial charge on any atom is 0.272 e. The number of aromatic nitrogens is 2. The minimum absolute atomic E-state index is 0.242. The van der Waals surface area contributed by atoms with Crippen LogP contribution in [-0.4, -0.2) is 28.2 Å². The maximum absolute atomic E-state index is 13.9. The number of halogens is 1. The number of nitrogens with one attached hydrogen (secondary N) is 1. The van der Waals surface area contributed by atoms with Gasteiger partial charge in [-0.3, -0.25) is 10.1 Å². The van der Waals surface area contributed by atoms with Gasteiger partial charge >= 0.3 is 0 Å². The Morgan fingerprint density at radius 3 is 2.86 bits per heavy atom. The van der Waals surface area contributed by atoms with Crippen molar-refractivity contribution in [1.29, 1.82) is 0 Å². The van der Waals surface area contributed by atoms with Crippen molar-refractivity contribution in [2.45, 2.75) is 19.8 Å². The highest BCUT2D eigenvalue weighted by atomic mass is 32.1. The zero-order valence-corrected chi connectivity index (χ0v) is 12.3. The quantitative estimate of drug-likeness (QED) is 0.483. The first-order valence-electron chi connectivity index (χ1n) is 6.59. The zero-order chi connectivity index (χ0) is 15.2. The highest BCUT2D eigenvalue weighted by molar-refractivity contribution is 7.14. The molecule has 0 saturated carbocycles. The lowest BCUT2D eigenvalue weighted by Gasteiger charge is -1.99. The van der Waals surface area contributed by atoms with Crippen LogP contribution in [0.2, 0.25) is 0 Å². The Bertz CT molecular complexity index is 632. The highest BCUT2D eigenvalue weighted by Crippen LogP contribution is 2.28. The fourth-order valence-electron chi connectivity index (χ4n) is 1.75. The zero-order valence-electron chi connectivity index (χ0n) is 11.5. The van der Waals surface area contributed by atoms with Crippen LogP contribution < -0.4 is 5.32 Å². The molecule has 21 heavy (non-hydrogen) atoms. The third-order valence-corrected chi connectivity index (χ3v) is 3.82. The largest absolute Gasteiger partial charge is 0.316 e. The average Bonchev–Trinajstić information content (AvgIpc) is 2.92. The lowest BCUT2D eigenvalue weighted by atomic mass is 10.2. The molecule has 0 aliphatic heterocycles. The van der Waals surface area contributed by atoms with Crippen LogP contribution in [0.25, 0.3) is 10.6 Å². The molecule has 1 heterocycles. The summed E-state index contributed by atoms with van der Waals surface area (Å²) in [5, 5.41) is 23.1. The van der Waals surface area contributed by atoms with Gasteiger partial charge in [-0.1, -0.05) is 18.3 Å². The number of nitro groups is 1. The van der Waals surface area contributed by atoms with Crippen molar-refractivity contribution in [1.82, 2.24) is 15.5 Å². The van der Waals surface area contributed by atoms with Crippen LogP contribution in [-0.2, 0) is 6.42 Å². The van der Waals surface area contributed by atoms with Gasteiger partial charge in [-0.2, -0.15) is 0 Å². The second-order valence-corrected chi connectivity index (χ2v) is 5.48. The lowest BCUT2D eigenvalue weighted by Crippen LogP contribution is -2.17. The molecule has 2 rings (SSSR count). The first-order chi connectivity index (χ1) is 10.1. The third kappa shape index (κ3) is 4.02. The van der Waals surface area contributed by atoms with Gasteiger partial charge in [0, 0.05) is 24.6 Å². The van der Waals surface area contributed by atoms with Gasteiger partial charge in [0.1, 0.15) is 10.8 Å². The number of nitro benzene ring substituents is 1. The Labute approximate surface area is 125 Å². The standard InChI is InChI=1S/C13H15FN4O2S/c1-2-6-15-7-5-12-16-17-13(21-12)10-4-3-9(18(19)20)8-11(10)14/h3-4,8,15H,2,5-7H2,1H3. The van der Waals surface area contributed by atoms with Gasteiger partial charge < -0.3 is 5.32 Å². The van der Waals surface area contributed by atoms with E-state index in [2.05, 4.69) is 22.4 Å². The third-order valence-electron chi connectivity index (χ3n) is 2.80. The molecule has 0 atom stereocenters. The van der Waals surface area contributed by atoms with Crippen LogP contribution in [0.4, 0.5) is 10.1 Å². The fourth-order valence-corrected chi connectivity index (χ4v) is 2.62. The summed E-state index contributed by atoms with van der Waals surface area (Å²) in [6.07, 6.45) is 1.79. The predicted molar refractivity (Wildman–Crippen MR) is 78.8 cm³/mol. The van der Waals surface area contributed by atoms with Crippen LogP contribution in [0.15, 0.2) is 18.2 Å². The van der Waals surface area contributed by atoms with Crippen molar-refractivity contribution >= 4 is 17.0 Å². The van der Waals surface area contributed by atoms with Crippen LogP contribution >= 0.6 is 11.3 Å². The van der Waals surface area contributed by atoms with Crippen LogP contribution in [0.1, 0.15) is 18.4 Å². The molecule has 1 aromatic carbocycles. The number of benzene rings is 1. The second kappa shape index (κ2) is 7.19. The van der Waals surface area contributed by atoms with Gasteiger partial charge in [-0.05, 0) is 19.0 Å². The molecule has 8 heteroatoms. The number of non-ortho nitro benzene ring substituents is 1. The molecule has 2 aromatic rings. The SMILES string of the molecule is CCCNCCc1nnc(-c2ccc([N+](=O)[O-])cc2F)s1. The molecule has 1 aromatic heterocycles. The molecule has 0 aliphatic rings. The molecule has 6 nitrogen and oxygen atoms in total. The van der Waals surface area contributed by atoms with Crippen LogP contribution in [0, 0.1) is 15.9 Å². The summed E-state index contributed by atoms with van der Waals surface area (Å²) in [5.41, 5.74) is -0.0318. The Morgan fingerprint density at radius 2 is 2.19 bits per heavy atom.